The van der Waals surface area contributed by atoms with E-state index in [-0.39, 0.29) is 23.8 Å². The highest BCUT2D eigenvalue weighted by molar-refractivity contribution is 5.76. The summed E-state index contributed by atoms with van der Waals surface area (Å²) in [4.78, 5) is 14.0. The first-order valence-electron chi connectivity index (χ1n) is 11.8. The molecule has 2 rings (SSSR count). The fourth-order valence-corrected chi connectivity index (χ4v) is 4.97. The molecule has 4 heteroatoms. The van der Waals surface area contributed by atoms with E-state index in [1.54, 1.807) is 0 Å². The quantitative estimate of drug-likeness (QED) is 0.300. The number of carbonyl (C=O) groups excluding carboxylic acids is 1. The number of carbonyl (C=O) groups is 1. The Morgan fingerprint density at radius 3 is 2.73 bits per heavy atom. The van der Waals surface area contributed by atoms with Crippen molar-refractivity contribution in [1.29, 1.82) is 0 Å². The second-order valence-electron chi connectivity index (χ2n) is 8.99. The van der Waals surface area contributed by atoms with Crippen molar-refractivity contribution in [3.8, 4) is 11.8 Å². The Bertz CT molecular complexity index is 668. The lowest BCUT2D eigenvalue weighted by Gasteiger charge is -2.20. The minimum Gasteiger partial charge on any atom is -0.392 e. The van der Waals surface area contributed by atoms with Gasteiger partial charge < -0.3 is 15.1 Å². The Balaban J connectivity index is 1.79. The number of aliphatic hydroxyl groups is 2. The molecule has 168 valence electrons. The molecule has 2 aliphatic rings. The summed E-state index contributed by atoms with van der Waals surface area (Å²) >= 11 is 0. The van der Waals surface area contributed by atoms with E-state index < -0.39 is 6.10 Å². The summed E-state index contributed by atoms with van der Waals surface area (Å²) < 4.78 is 0. The van der Waals surface area contributed by atoms with Gasteiger partial charge in [-0.25, -0.2) is 0 Å². The third kappa shape index (κ3) is 6.72. The van der Waals surface area contributed by atoms with Crippen LogP contribution in [0.25, 0.3) is 0 Å². The molecule has 6 atom stereocenters. The van der Waals surface area contributed by atoms with Gasteiger partial charge in [0.15, 0.2) is 0 Å². The summed E-state index contributed by atoms with van der Waals surface area (Å²) in [7, 11) is 0. The number of nitrogens with zero attached hydrogens (tertiary/aromatic N) is 1. The first-order chi connectivity index (χ1) is 14.4. The minimum atomic E-state index is -0.519. The van der Waals surface area contributed by atoms with Gasteiger partial charge in [0.05, 0.1) is 12.2 Å². The fourth-order valence-electron chi connectivity index (χ4n) is 4.97. The number of aliphatic hydroxyl groups excluding tert-OH is 2. The first kappa shape index (κ1) is 24.7. The molecule has 0 radical (unpaired) electrons. The molecule has 2 aliphatic carbocycles. The highest BCUT2D eigenvalue weighted by atomic mass is 16.3. The second kappa shape index (κ2) is 12.3. The zero-order valence-electron chi connectivity index (χ0n) is 19.3. The molecule has 4 nitrogen and oxygen atoms in total. The van der Waals surface area contributed by atoms with Crippen LogP contribution in [0.3, 0.4) is 0 Å². The highest BCUT2D eigenvalue weighted by Crippen LogP contribution is 2.48. The minimum absolute atomic E-state index is 0.0966. The third-order valence-electron chi connectivity index (χ3n) is 6.92. The Hall–Kier alpha value is -1.57. The van der Waals surface area contributed by atoms with E-state index in [0.29, 0.717) is 24.7 Å². The van der Waals surface area contributed by atoms with Gasteiger partial charge in [-0.2, -0.15) is 0 Å². The lowest BCUT2D eigenvalue weighted by atomic mass is 9.88. The number of unbranched alkanes of at least 4 members (excludes halogenated alkanes) is 1. The molecule has 30 heavy (non-hydrogen) atoms. The molecule has 0 aliphatic heterocycles. The standard InChI is InChI=1S/C26H41NO3/c1-5-8-11-19(4)24(28)15-14-22-23-17-20(16-21(23)18-25(22)29)12-9-10-13-26(30)27(6-2)7-3/h14-16,19,21-25,28-29H,6-7,9-13,17-18H2,1-4H3/t19-,21+,22-,23+,24-,25-/m1/s1. The van der Waals surface area contributed by atoms with Crippen LogP contribution < -0.4 is 0 Å². The molecule has 0 saturated heterocycles. The van der Waals surface area contributed by atoms with Crippen LogP contribution in [0, 0.1) is 35.5 Å². The normalized spacial score (nSPS) is 27.3. The molecule has 0 aromatic rings. The molecule has 1 amide bonds. The summed E-state index contributed by atoms with van der Waals surface area (Å²) in [6, 6.07) is 0. The smallest absolute Gasteiger partial charge is 0.222 e. The summed E-state index contributed by atoms with van der Waals surface area (Å²) in [5.74, 6) is 7.28. The van der Waals surface area contributed by atoms with Crippen LogP contribution in [0.1, 0.15) is 72.6 Å². The van der Waals surface area contributed by atoms with Gasteiger partial charge in [0.25, 0.3) is 0 Å². The van der Waals surface area contributed by atoms with Crippen LogP contribution in [-0.2, 0) is 4.79 Å². The Morgan fingerprint density at radius 1 is 1.33 bits per heavy atom. The van der Waals surface area contributed by atoms with Gasteiger partial charge in [0, 0.05) is 31.8 Å². The van der Waals surface area contributed by atoms with Crippen molar-refractivity contribution < 1.29 is 15.0 Å². The average molecular weight is 416 g/mol. The van der Waals surface area contributed by atoms with Crippen molar-refractivity contribution in [2.75, 3.05) is 13.1 Å². The maximum Gasteiger partial charge on any atom is 0.222 e. The Labute approximate surface area is 183 Å². The van der Waals surface area contributed by atoms with Crippen molar-refractivity contribution in [2.24, 2.45) is 23.7 Å². The van der Waals surface area contributed by atoms with E-state index >= 15 is 0 Å². The van der Waals surface area contributed by atoms with E-state index in [9.17, 15) is 15.0 Å². The van der Waals surface area contributed by atoms with Crippen LogP contribution in [0.4, 0.5) is 0 Å². The Morgan fingerprint density at radius 2 is 2.07 bits per heavy atom. The number of amides is 1. The van der Waals surface area contributed by atoms with Crippen LogP contribution in [-0.4, -0.2) is 46.3 Å². The monoisotopic (exact) mass is 415 g/mol. The van der Waals surface area contributed by atoms with Crippen molar-refractivity contribution in [2.45, 2.75) is 84.8 Å². The summed E-state index contributed by atoms with van der Waals surface area (Å²) in [5.41, 5.74) is 1.48. The van der Waals surface area contributed by atoms with E-state index in [4.69, 9.17) is 0 Å². The predicted molar refractivity (Wildman–Crippen MR) is 123 cm³/mol. The van der Waals surface area contributed by atoms with Gasteiger partial charge in [-0.3, -0.25) is 4.79 Å². The zero-order chi connectivity index (χ0) is 22.1. The zero-order valence-corrected chi connectivity index (χ0v) is 19.3. The molecule has 0 spiro atoms. The second-order valence-corrected chi connectivity index (χ2v) is 8.99. The molecule has 0 aromatic heterocycles. The van der Waals surface area contributed by atoms with E-state index in [0.717, 1.165) is 45.2 Å². The molecule has 0 unspecified atom stereocenters. The van der Waals surface area contributed by atoms with Gasteiger partial charge in [-0.1, -0.05) is 30.7 Å². The van der Waals surface area contributed by atoms with Crippen molar-refractivity contribution in [1.82, 2.24) is 4.90 Å². The predicted octanol–water partition coefficient (Wildman–Crippen LogP) is 4.33. The number of hydrogen-bond donors (Lipinski definition) is 2. The molecule has 0 aromatic carbocycles. The number of allylic oxidation sites excluding steroid dienone is 2. The maximum atomic E-state index is 12.1. The number of fused-ring (bicyclic) bond motifs is 1. The molecule has 0 bridgehead atoms. The van der Waals surface area contributed by atoms with Crippen molar-refractivity contribution in [3.05, 3.63) is 23.8 Å². The number of hydrogen-bond acceptors (Lipinski definition) is 3. The third-order valence-corrected chi connectivity index (χ3v) is 6.92. The molecular weight excluding hydrogens is 374 g/mol. The van der Waals surface area contributed by atoms with Gasteiger partial charge in [0.2, 0.25) is 5.91 Å². The summed E-state index contributed by atoms with van der Waals surface area (Å²) in [6.45, 7) is 9.47. The van der Waals surface area contributed by atoms with Gasteiger partial charge in [-0.15, -0.1) is 11.8 Å². The molecular formula is C26H41NO3. The molecule has 1 saturated carbocycles. The van der Waals surface area contributed by atoms with Crippen molar-refractivity contribution >= 4 is 5.91 Å². The SMILES string of the molecule is CC#CC[C@@H](C)[C@H](O)C=C[C@@H]1[C@H]2CC(CCCCC(=O)N(CC)CC)=C[C@H]2C[C@H]1O. The van der Waals surface area contributed by atoms with E-state index in [1.165, 1.54) is 5.57 Å². The summed E-state index contributed by atoms with van der Waals surface area (Å²) in [6.07, 6.45) is 11.7. The van der Waals surface area contributed by atoms with E-state index in [1.807, 2.05) is 38.7 Å². The van der Waals surface area contributed by atoms with E-state index in [2.05, 4.69) is 24.0 Å². The van der Waals surface area contributed by atoms with Crippen LogP contribution >= 0.6 is 0 Å². The number of rotatable bonds is 11. The summed E-state index contributed by atoms with van der Waals surface area (Å²) in [5, 5.41) is 20.9. The first-order valence-corrected chi connectivity index (χ1v) is 11.8. The largest absolute Gasteiger partial charge is 0.392 e. The molecule has 2 N–H and O–H groups in total. The fraction of sp³-hybridized carbons (Fsp3) is 0.731. The molecule has 0 heterocycles. The van der Waals surface area contributed by atoms with Crippen LogP contribution in [0.15, 0.2) is 23.8 Å². The Kier molecular flexibility index (Phi) is 10.1. The van der Waals surface area contributed by atoms with Crippen LogP contribution in [0.5, 0.6) is 0 Å². The maximum absolute atomic E-state index is 12.1. The highest BCUT2D eigenvalue weighted by Gasteiger charge is 2.43. The lowest BCUT2D eigenvalue weighted by Crippen LogP contribution is -2.30. The average Bonchev–Trinajstić information content (AvgIpc) is 3.24. The van der Waals surface area contributed by atoms with Crippen LogP contribution in [0.2, 0.25) is 0 Å². The van der Waals surface area contributed by atoms with Gasteiger partial charge in [-0.05, 0) is 70.6 Å². The van der Waals surface area contributed by atoms with Gasteiger partial charge in [0.1, 0.15) is 0 Å². The van der Waals surface area contributed by atoms with Gasteiger partial charge >= 0.3 is 0 Å². The topological polar surface area (TPSA) is 60.8 Å². The van der Waals surface area contributed by atoms with Crippen molar-refractivity contribution in [3.63, 3.8) is 0 Å². The lowest BCUT2D eigenvalue weighted by molar-refractivity contribution is -0.130. The molecule has 1 fully saturated rings.